The molecule has 2 nitrogen and oxygen atoms in total. The van der Waals surface area contributed by atoms with Crippen molar-refractivity contribution < 1.29 is 0 Å². The van der Waals surface area contributed by atoms with Gasteiger partial charge in [0.25, 0.3) is 0 Å². The molecule has 2 heterocycles. The highest BCUT2D eigenvalue weighted by Gasteiger charge is 1.93. The van der Waals surface area contributed by atoms with Crippen LogP contribution in [0.15, 0.2) is 30.7 Å². The minimum atomic E-state index is 1.20. The number of hydrogen-bond acceptors (Lipinski definition) is 1. The van der Waals surface area contributed by atoms with Crippen molar-refractivity contribution in [3.05, 3.63) is 30.7 Å². The van der Waals surface area contributed by atoms with Gasteiger partial charge in [0.15, 0.2) is 0 Å². The Bertz CT molecular complexity index is 350. The molecular weight excluding hydrogens is 172 g/mol. The van der Waals surface area contributed by atoms with E-state index in [2.05, 4.69) is 15.6 Å². The van der Waals surface area contributed by atoms with Crippen molar-refractivity contribution >= 4 is 10.9 Å². The van der Waals surface area contributed by atoms with Crippen LogP contribution in [-0.2, 0) is 7.05 Å². The van der Waals surface area contributed by atoms with Gasteiger partial charge in [0.05, 0.1) is 5.52 Å². The summed E-state index contributed by atoms with van der Waals surface area (Å²) in [6.07, 6.45) is 5.71. The van der Waals surface area contributed by atoms with Crippen molar-refractivity contribution in [3.63, 3.8) is 0 Å². The topological polar surface area (TPSA) is 17.8 Å². The molecule has 0 aromatic carbocycles. The molecule has 0 spiro atoms. The third kappa shape index (κ3) is 2.87. The van der Waals surface area contributed by atoms with Crippen LogP contribution in [0.3, 0.4) is 0 Å². The highest BCUT2D eigenvalue weighted by Crippen LogP contribution is 2.10. The van der Waals surface area contributed by atoms with E-state index in [9.17, 15) is 0 Å². The first-order valence-electron chi connectivity index (χ1n) is 5.23. The van der Waals surface area contributed by atoms with Crippen LogP contribution < -0.4 is 0 Å². The summed E-state index contributed by atoms with van der Waals surface area (Å²) in [5.74, 6) is 0. The molecular formula is C12H20N2. The maximum atomic E-state index is 4.01. The predicted octanol–water partition coefficient (Wildman–Crippen LogP) is 3.63. The van der Waals surface area contributed by atoms with Crippen LogP contribution in [0.1, 0.15) is 27.7 Å². The summed E-state index contributed by atoms with van der Waals surface area (Å²) >= 11 is 0. The third-order valence-electron chi connectivity index (χ3n) is 1.69. The standard InChI is InChI=1S/C8H8N2.2C2H6/c1-10-5-3-7-6-9-4-2-8(7)10;2*1-2/h2-6H,1H3;2*1-2H3. The third-order valence-corrected chi connectivity index (χ3v) is 1.69. The molecule has 0 saturated heterocycles. The summed E-state index contributed by atoms with van der Waals surface area (Å²) in [5, 5.41) is 1.20. The Hall–Kier alpha value is -1.31. The van der Waals surface area contributed by atoms with Crippen molar-refractivity contribution in [1.29, 1.82) is 0 Å². The van der Waals surface area contributed by atoms with Gasteiger partial charge in [0.2, 0.25) is 0 Å². The van der Waals surface area contributed by atoms with E-state index in [4.69, 9.17) is 0 Å². The molecule has 0 aliphatic rings. The number of pyridine rings is 1. The molecule has 2 aromatic heterocycles. The Morgan fingerprint density at radius 1 is 1.07 bits per heavy atom. The smallest absolute Gasteiger partial charge is 0.0508 e. The molecule has 78 valence electrons. The average molecular weight is 192 g/mol. The van der Waals surface area contributed by atoms with Crippen LogP contribution in [0.4, 0.5) is 0 Å². The fourth-order valence-corrected chi connectivity index (χ4v) is 1.12. The highest BCUT2D eigenvalue weighted by atomic mass is 14.9. The normalized spacial score (nSPS) is 8.36. The van der Waals surface area contributed by atoms with E-state index in [-0.39, 0.29) is 0 Å². The summed E-state index contributed by atoms with van der Waals surface area (Å²) in [4.78, 5) is 4.01. The van der Waals surface area contributed by atoms with Gasteiger partial charge < -0.3 is 4.57 Å². The summed E-state index contributed by atoms with van der Waals surface area (Å²) in [5.41, 5.74) is 1.23. The van der Waals surface area contributed by atoms with Crippen molar-refractivity contribution in [2.45, 2.75) is 27.7 Å². The van der Waals surface area contributed by atoms with Gasteiger partial charge in [-0.1, -0.05) is 27.7 Å². The SMILES string of the molecule is CC.CC.Cn1ccc2cnccc21. The van der Waals surface area contributed by atoms with Crippen molar-refractivity contribution in [1.82, 2.24) is 9.55 Å². The Kier molecular flexibility index (Phi) is 6.46. The Morgan fingerprint density at radius 3 is 2.29 bits per heavy atom. The maximum Gasteiger partial charge on any atom is 0.0508 e. The molecule has 0 bridgehead atoms. The van der Waals surface area contributed by atoms with Crippen LogP contribution >= 0.6 is 0 Å². The molecule has 0 fully saturated rings. The molecule has 0 aliphatic heterocycles. The highest BCUT2D eigenvalue weighted by molar-refractivity contribution is 5.78. The minimum absolute atomic E-state index is 1.20. The van der Waals surface area contributed by atoms with Gasteiger partial charge in [0, 0.05) is 31.0 Å². The van der Waals surface area contributed by atoms with E-state index in [1.807, 2.05) is 59.4 Å². The maximum absolute atomic E-state index is 4.01. The van der Waals surface area contributed by atoms with E-state index in [1.165, 1.54) is 10.9 Å². The lowest BCUT2D eigenvalue weighted by Crippen LogP contribution is -1.82. The molecule has 0 aliphatic carbocycles. The molecule has 2 rings (SSSR count). The monoisotopic (exact) mass is 192 g/mol. The van der Waals surface area contributed by atoms with Gasteiger partial charge in [-0.25, -0.2) is 0 Å². The first-order valence-corrected chi connectivity index (χ1v) is 5.23. The lowest BCUT2D eigenvalue weighted by molar-refractivity contribution is 0.968. The lowest BCUT2D eigenvalue weighted by Gasteiger charge is -1.91. The largest absolute Gasteiger partial charge is 0.350 e. The van der Waals surface area contributed by atoms with Crippen molar-refractivity contribution in [3.8, 4) is 0 Å². The number of nitrogens with zero attached hydrogens (tertiary/aromatic N) is 2. The number of fused-ring (bicyclic) bond motifs is 1. The quantitative estimate of drug-likeness (QED) is 0.623. The Labute approximate surface area is 86.6 Å². The molecule has 2 heteroatoms. The van der Waals surface area contributed by atoms with Gasteiger partial charge in [0.1, 0.15) is 0 Å². The van der Waals surface area contributed by atoms with Gasteiger partial charge in [-0.3, -0.25) is 4.98 Å². The van der Waals surface area contributed by atoms with Gasteiger partial charge in [-0.2, -0.15) is 0 Å². The molecule has 0 N–H and O–H groups in total. The molecule has 0 radical (unpaired) electrons. The number of rotatable bonds is 0. The van der Waals surface area contributed by atoms with Crippen molar-refractivity contribution in [2.24, 2.45) is 7.05 Å². The molecule has 0 amide bonds. The summed E-state index contributed by atoms with van der Waals surface area (Å²) in [6, 6.07) is 4.07. The van der Waals surface area contributed by atoms with Crippen LogP contribution in [0.5, 0.6) is 0 Å². The van der Waals surface area contributed by atoms with Crippen LogP contribution in [0.2, 0.25) is 0 Å². The first-order chi connectivity index (χ1) is 6.88. The molecule has 14 heavy (non-hydrogen) atoms. The number of hydrogen-bond donors (Lipinski definition) is 0. The first kappa shape index (κ1) is 12.7. The molecule has 0 saturated carbocycles. The summed E-state index contributed by atoms with van der Waals surface area (Å²) in [6.45, 7) is 8.00. The molecule has 0 atom stereocenters. The molecule has 2 aromatic rings. The summed E-state index contributed by atoms with van der Waals surface area (Å²) in [7, 11) is 2.03. The van der Waals surface area contributed by atoms with E-state index in [0.717, 1.165) is 0 Å². The second kappa shape index (κ2) is 7.13. The predicted molar refractivity (Wildman–Crippen MR) is 63.4 cm³/mol. The second-order valence-corrected chi connectivity index (χ2v) is 2.36. The Balaban J connectivity index is 0.000000379. The van der Waals surface area contributed by atoms with Crippen LogP contribution in [0, 0.1) is 0 Å². The zero-order chi connectivity index (χ0) is 11.0. The van der Waals surface area contributed by atoms with Crippen molar-refractivity contribution in [2.75, 3.05) is 0 Å². The average Bonchev–Trinajstić information content (AvgIpc) is 2.67. The zero-order valence-electron chi connectivity index (χ0n) is 9.78. The fourth-order valence-electron chi connectivity index (χ4n) is 1.12. The van der Waals surface area contributed by atoms with E-state index in [1.54, 1.807) is 0 Å². The summed E-state index contributed by atoms with van der Waals surface area (Å²) < 4.78 is 2.08. The minimum Gasteiger partial charge on any atom is -0.350 e. The van der Waals surface area contributed by atoms with Gasteiger partial charge >= 0.3 is 0 Å². The van der Waals surface area contributed by atoms with Gasteiger partial charge in [-0.05, 0) is 12.1 Å². The Morgan fingerprint density at radius 2 is 1.71 bits per heavy atom. The zero-order valence-corrected chi connectivity index (χ0v) is 9.78. The fraction of sp³-hybridized carbons (Fsp3) is 0.417. The van der Waals surface area contributed by atoms with Gasteiger partial charge in [-0.15, -0.1) is 0 Å². The van der Waals surface area contributed by atoms with E-state index in [0.29, 0.717) is 0 Å². The second-order valence-electron chi connectivity index (χ2n) is 2.36. The molecule has 0 unspecified atom stereocenters. The van der Waals surface area contributed by atoms with E-state index >= 15 is 0 Å². The van der Waals surface area contributed by atoms with Crippen LogP contribution in [0.25, 0.3) is 10.9 Å². The van der Waals surface area contributed by atoms with Crippen LogP contribution in [-0.4, -0.2) is 9.55 Å². The lowest BCUT2D eigenvalue weighted by atomic mass is 10.3. The van der Waals surface area contributed by atoms with E-state index < -0.39 is 0 Å². The number of aryl methyl sites for hydroxylation is 1. The number of aromatic nitrogens is 2.